The third-order valence-electron chi connectivity index (χ3n) is 3.36. The summed E-state index contributed by atoms with van der Waals surface area (Å²) in [6.45, 7) is 5.04. The second-order valence-corrected chi connectivity index (χ2v) is 7.48. The zero-order valence-corrected chi connectivity index (χ0v) is 16.5. The molecule has 1 aliphatic heterocycles. The molecule has 23 heavy (non-hydrogen) atoms. The van der Waals surface area contributed by atoms with Crippen LogP contribution in [-0.2, 0) is 10.0 Å². The number of nitrogens with zero attached hydrogens (tertiary/aromatic N) is 1. The van der Waals surface area contributed by atoms with Gasteiger partial charge in [-0.05, 0) is 41.0 Å². The van der Waals surface area contributed by atoms with Crippen LogP contribution in [0.5, 0.6) is 0 Å². The zero-order chi connectivity index (χ0) is 15.3. The summed E-state index contributed by atoms with van der Waals surface area (Å²) in [5, 5.41) is 3.26. The average molecular weight is 453 g/mol. The molecule has 1 aromatic carbocycles. The minimum Gasteiger partial charge on any atom is -0.314 e. The monoisotopic (exact) mass is 451 g/mol. The first-order chi connectivity index (χ1) is 10.0. The molecule has 1 aromatic rings. The molecule has 0 spiro atoms. The molecule has 0 atom stereocenters. The molecular weight excluding hydrogens is 432 g/mol. The Bertz CT molecular complexity index is 587. The van der Waals surface area contributed by atoms with Gasteiger partial charge in [-0.1, -0.05) is 6.07 Å². The predicted octanol–water partition coefficient (Wildman–Crippen LogP) is 2.01. The number of hydrogen-bond acceptors (Lipinski definition) is 4. The average Bonchev–Trinajstić information content (AvgIpc) is 2.47. The van der Waals surface area contributed by atoms with E-state index in [9.17, 15) is 12.8 Å². The van der Waals surface area contributed by atoms with Gasteiger partial charge in [0.25, 0.3) is 0 Å². The van der Waals surface area contributed by atoms with Gasteiger partial charge in [0.15, 0.2) is 5.82 Å². The molecule has 2 rings (SSSR count). The minimum atomic E-state index is -3.80. The summed E-state index contributed by atoms with van der Waals surface area (Å²) < 4.78 is 40.5. The van der Waals surface area contributed by atoms with Gasteiger partial charge in [-0.25, -0.2) is 17.5 Å². The third kappa shape index (κ3) is 6.81. The van der Waals surface area contributed by atoms with E-state index in [1.165, 1.54) is 18.2 Å². The Balaban J connectivity index is 0.00000242. The molecule has 0 radical (unpaired) electrons. The van der Waals surface area contributed by atoms with E-state index in [2.05, 4.69) is 30.9 Å². The Morgan fingerprint density at radius 1 is 1.26 bits per heavy atom. The largest absolute Gasteiger partial charge is 0.314 e. The maximum absolute atomic E-state index is 13.8. The molecule has 0 aliphatic carbocycles. The van der Waals surface area contributed by atoms with Gasteiger partial charge in [-0.15, -0.1) is 24.8 Å². The van der Waals surface area contributed by atoms with E-state index >= 15 is 0 Å². The topological polar surface area (TPSA) is 61.4 Å². The Morgan fingerprint density at radius 3 is 2.57 bits per heavy atom. The van der Waals surface area contributed by atoms with Crippen LogP contribution in [0, 0.1) is 5.82 Å². The Hall–Kier alpha value is 0.0400. The molecular formula is C13H21BrCl2FN3O2S. The van der Waals surface area contributed by atoms with Crippen molar-refractivity contribution in [3.05, 3.63) is 28.5 Å². The van der Waals surface area contributed by atoms with E-state index in [1.54, 1.807) is 0 Å². The highest BCUT2D eigenvalue weighted by atomic mass is 79.9. The number of benzene rings is 1. The molecule has 0 unspecified atom stereocenters. The number of hydrogen-bond donors (Lipinski definition) is 2. The lowest BCUT2D eigenvalue weighted by Gasteiger charge is -2.27. The third-order valence-corrected chi connectivity index (χ3v) is 5.45. The molecule has 1 fully saturated rings. The summed E-state index contributed by atoms with van der Waals surface area (Å²) in [5.74, 6) is -0.757. The zero-order valence-electron chi connectivity index (χ0n) is 12.4. The molecule has 0 aromatic heterocycles. The summed E-state index contributed by atoms with van der Waals surface area (Å²) in [7, 11) is -3.80. The first kappa shape index (κ1) is 23.0. The summed E-state index contributed by atoms with van der Waals surface area (Å²) in [4.78, 5) is 1.96. The first-order valence-corrected chi connectivity index (χ1v) is 9.15. The van der Waals surface area contributed by atoms with E-state index in [1.807, 2.05) is 0 Å². The van der Waals surface area contributed by atoms with Gasteiger partial charge in [0, 0.05) is 32.7 Å². The van der Waals surface area contributed by atoms with Gasteiger partial charge < -0.3 is 10.2 Å². The van der Waals surface area contributed by atoms with Crippen molar-refractivity contribution in [3.8, 4) is 0 Å². The highest BCUT2D eigenvalue weighted by Gasteiger charge is 2.20. The van der Waals surface area contributed by atoms with Crippen LogP contribution >= 0.6 is 40.7 Å². The van der Waals surface area contributed by atoms with Crippen LogP contribution in [0.15, 0.2) is 27.6 Å². The Morgan fingerprint density at radius 2 is 1.91 bits per heavy atom. The molecule has 2 N–H and O–H groups in total. The fourth-order valence-corrected chi connectivity index (χ4v) is 3.88. The quantitative estimate of drug-likeness (QED) is 0.648. The lowest BCUT2D eigenvalue weighted by molar-refractivity contribution is 0.239. The minimum absolute atomic E-state index is 0. The second-order valence-electron chi connectivity index (χ2n) is 4.89. The van der Waals surface area contributed by atoms with Crippen molar-refractivity contribution in [3.63, 3.8) is 0 Å². The molecule has 1 heterocycles. The number of piperazine rings is 1. The van der Waals surface area contributed by atoms with Crippen molar-refractivity contribution in [2.75, 3.05) is 39.3 Å². The van der Waals surface area contributed by atoms with Gasteiger partial charge in [-0.3, -0.25) is 0 Å². The van der Waals surface area contributed by atoms with E-state index < -0.39 is 15.8 Å². The second kappa shape index (κ2) is 10.8. The van der Waals surface area contributed by atoms with Crippen LogP contribution in [0.3, 0.4) is 0 Å². The molecule has 134 valence electrons. The van der Waals surface area contributed by atoms with Crippen molar-refractivity contribution in [1.29, 1.82) is 0 Å². The van der Waals surface area contributed by atoms with Crippen molar-refractivity contribution in [2.24, 2.45) is 0 Å². The molecule has 1 aliphatic rings. The lowest BCUT2D eigenvalue weighted by Crippen LogP contribution is -2.44. The van der Waals surface area contributed by atoms with Crippen LogP contribution in [0.2, 0.25) is 0 Å². The van der Waals surface area contributed by atoms with E-state index in [0.717, 1.165) is 32.7 Å². The SMILES string of the molecule is Cl.Cl.O=S(=O)(NCCCN1CCNCC1)c1cccc(Br)c1F. The maximum atomic E-state index is 13.8. The Labute approximate surface area is 157 Å². The summed E-state index contributed by atoms with van der Waals surface area (Å²) in [6, 6.07) is 4.24. The highest BCUT2D eigenvalue weighted by molar-refractivity contribution is 9.10. The predicted molar refractivity (Wildman–Crippen MR) is 97.7 cm³/mol. The van der Waals surface area contributed by atoms with Gasteiger partial charge in [-0.2, -0.15) is 0 Å². The van der Waals surface area contributed by atoms with Crippen molar-refractivity contribution < 1.29 is 12.8 Å². The van der Waals surface area contributed by atoms with Gasteiger partial charge >= 0.3 is 0 Å². The fraction of sp³-hybridized carbons (Fsp3) is 0.538. The normalized spacial score (nSPS) is 15.6. The highest BCUT2D eigenvalue weighted by Crippen LogP contribution is 2.22. The number of rotatable bonds is 6. The van der Waals surface area contributed by atoms with E-state index in [4.69, 9.17) is 0 Å². The summed E-state index contributed by atoms with van der Waals surface area (Å²) >= 11 is 2.99. The van der Waals surface area contributed by atoms with E-state index in [-0.39, 0.29) is 34.2 Å². The van der Waals surface area contributed by atoms with Gasteiger partial charge in [0.05, 0.1) is 4.47 Å². The standard InChI is InChI=1S/C13H19BrFN3O2S.2ClH/c14-11-3-1-4-12(13(11)15)21(19,20)17-5-2-8-18-9-6-16-7-10-18;;/h1,3-4,16-17H,2,5-10H2;2*1H. The lowest BCUT2D eigenvalue weighted by atomic mass is 10.3. The van der Waals surface area contributed by atoms with Crippen LogP contribution < -0.4 is 10.0 Å². The molecule has 0 saturated carbocycles. The fourth-order valence-electron chi connectivity index (χ4n) is 2.21. The Kier molecular flexibility index (Phi) is 10.8. The summed E-state index contributed by atoms with van der Waals surface area (Å²) in [5.41, 5.74) is 0. The molecule has 5 nitrogen and oxygen atoms in total. The molecule has 10 heteroatoms. The van der Waals surface area contributed by atoms with Crippen LogP contribution in [-0.4, -0.2) is 52.6 Å². The van der Waals surface area contributed by atoms with Crippen molar-refractivity contribution >= 4 is 50.8 Å². The smallest absolute Gasteiger partial charge is 0.243 e. The van der Waals surface area contributed by atoms with Crippen molar-refractivity contribution in [1.82, 2.24) is 14.9 Å². The first-order valence-electron chi connectivity index (χ1n) is 6.87. The van der Waals surface area contributed by atoms with Gasteiger partial charge in [0.1, 0.15) is 4.90 Å². The van der Waals surface area contributed by atoms with Gasteiger partial charge in [0.2, 0.25) is 10.0 Å². The molecule has 0 amide bonds. The van der Waals surface area contributed by atoms with Crippen LogP contribution in [0.4, 0.5) is 4.39 Å². The summed E-state index contributed by atoms with van der Waals surface area (Å²) in [6.07, 6.45) is 0.703. The number of nitrogens with one attached hydrogen (secondary N) is 2. The maximum Gasteiger partial charge on any atom is 0.243 e. The van der Waals surface area contributed by atoms with E-state index in [0.29, 0.717) is 13.0 Å². The number of sulfonamides is 1. The molecule has 1 saturated heterocycles. The van der Waals surface area contributed by atoms with Crippen molar-refractivity contribution in [2.45, 2.75) is 11.3 Å². The number of halogens is 4. The van der Waals surface area contributed by atoms with Crippen LogP contribution in [0.25, 0.3) is 0 Å². The molecule has 0 bridgehead atoms. The van der Waals surface area contributed by atoms with Crippen LogP contribution in [0.1, 0.15) is 6.42 Å².